The van der Waals surface area contributed by atoms with Crippen LogP contribution in [-0.4, -0.2) is 12.8 Å². The van der Waals surface area contributed by atoms with Crippen molar-refractivity contribution in [2.24, 2.45) is 0 Å². The molecule has 25 heavy (non-hydrogen) atoms. The molecule has 136 valence electrons. The summed E-state index contributed by atoms with van der Waals surface area (Å²) < 4.78 is 57.8. The average Bonchev–Trinajstić information content (AvgIpc) is 2.48. The number of nitrogens with one attached hydrogen (secondary N) is 1. The summed E-state index contributed by atoms with van der Waals surface area (Å²) in [6.07, 6.45) is -7.04. The zero-order valence-corrected chi connectivity index (χ0v) is 15.5. The van der Waals surface area contributed by atoms with Gasteiger partial charge in [0.05, 0.1) is 0 Å². The Balaban J connectivity index is 2.25. The Morgan fingerprint density at radius 2 is 1.68 bits per heavy atom. The molecule has 2 aromatic rings. The van der Waals surface area contributed by atoms with Crippen molar-refractivity contribution in [2.75, 3.05) is 11.8 Å². The second-order valence-electron chi connectivity index (χ2n) is 5.84. The van der Waals surface area contributed by atoms with E-state index in [1.165, 1.54) is 24.3 Å². The van der Waals surface area contributed by atoms with Gasteiger partial charge in [0.1, 0.15) is 0 Å². The minimum atomic E-state index is -4.72. The highest BCUT2D eigenvalue weighted by molar-refractivity contribution is 7.59. The number of hydrogen-bond acceptors (Lipinski definition) is 2. The lowest BCUT2D eigenvalue weighted by atomic mass is 10.1. The van der Waals surface area contributed by atoms with Gasteiger partial charge in [0.25, 0.3) is 7.52 Å². The number of anilines is 1. The summed E-state index contributed by atoms with van der Waals surface area (Å²) in [7, 11) is -3.78. The molecule has 0 aromatic heterocycles. The number of alkyl halides is 3. The maximum absolute atomic E-state index is 13.4. The molecule has 1 N–H and O–H groups in total. The lowest BCUT2D eigenvalue weighted by Gasteiger charge is -2.26. The number of hydrogen-bond donors (Lipinski definition) is 1. The topological polar surface area (TPSA) is 38.3 Å². The maximum atomic E-state index is 13.4. The standard InChI is InChI=1S/C17H18ClF3NO2P/c1-11-4-9-15(10-12(11)2)22-25(3,23)24-16(17(19,20)21)13-5-7-14(18)8-6-13/h4-10,16H,1-3H3,(H,22,23)/t16-,25+/m0/s1. The summed E-state index contributed by atoms with van der Waals surface area (Å²) in [4.78, 5) is 0. The molecule has 0 heterocycles. The van der Waals surface area contributed by atoms with Crippen LogP contribution in [0.2, 0.25) is 5.02 Å². The third kappa shape index (κ3) is 5.50. The van der Waals surface area contributed by atoms with Crippen molar-refractivity contribution in [3.05, 3.63) is 64.2 Å². The molecule has 0 aliphatic heterocycles. The molecule has 0 aliphatic carbocycles. The zero-order chi connectivity index (χ0) is 18.8. The Hall–Kier alpha value is -1.49. The van der Waals surface area contributed by atoms with Crippen molar-refractivity contribution in [1.29, 1.82) is 0 Å². The number of halogens is 4. The lowest BCUT2D eigenvalue weighted by Crippen LogP contribution is -2.23. The lowest BCUT2D eigenvalue weighted by molar-refractivity contribution is -0.197. The van der Waals surface area contributed by atoms with Gasteiger partial charge in [-0.1, -0.05) is 29.8 Å². The van der Waals surface area contributed by atoms with Crippen LogP contribution >= 0.6 is 19.1 Å². The summed E-state index contributed by atoms with van der Waals surface area (Å²) in [6.45, 7) is 4.88. The van der Waals surface area contributed by atoms with Gasteiger partial charge in [0.15, 0.2) is 6.10 Å². The summed E-state index contributed by atoms with van der Waals surface area (Å²) >= 11 is 5.71. The molecule has 0 aliphatic rings. The van der Waals surface area contributed by atoms with E-state index in [0.717, 1.165) is 17.8 Å². The number of aryl methyl sites for hydroxylation is 2. The van der Waals surface area contributed by atoms with E-state index in [-0.39, 0.29) is 5.56 Å². The van der Waals surface area contributed by atoms with Crippen LogP contribution < -0.4 is 5.09 Å². The van der Waals surface area contributed by atoms with Crippen LogP contribution in [0.15, 0.2) is 42.5 Å². The first-order valence-corrected chi connectivity index (χ1v) is 9.86. The Morgan fingerprint density at radius 3 is 2.20 bits per heavy atom. The summed E-state index contributed by atoms with van der Waals surface area (Å²) in [5.41, 5.74) is 2.22. The molecule has 0 saturated heterocycles. The van der Waals surface area contributed by atoms with Gasteiger partial charge < -0.3 is 5.09 Å². The van der Waals surface area contributed by atoms with Gasteiger partial charge in [-0.25, -0.2) is 0 Å². The molecule has 2 rings (SSSR count). The Morgan fingerprint density at radius 1 is 1.08 bits per heavy atom. The van der Waals surface area contributed by atoms with E-state index in [4.69, 9.17) is 16.1 Å². The van der Waals surface area contributed by atoms with E-state index in [2.05, 4.69) is 5.09 Å². The molecule has 0 radical (unpaired) electrons. The first-order chi connectivity index (χ1) is 11.5. The largest absolute Gasteiger partial charge is 0.419 e. The molecule has 0 saturated carbocycles. The van der Waals surface area contributed by atoms with Gasteiger partial charge in [-0.3, -0.25) is 9.09 Å². The van der Waals surface area contributed by atoms with E-state index in [1.807, 2.05) is 13.8 Å². The zero-order valence-electron chi connectivity index (χ0n) is 13.9. The monoisotopic (exact) mass is 391 g/mol. The Labute approximate surface area is 149 Å². The summed E-state index contributed by atoms with van der Waals surface area (Å²) in [6, 6.07) is 10.2. The molecule has 0 amide bonds. The number of benzene rings is 2. The molecule has 8 heteroatoms. The van der Waals surface area contributed by atoms with Crippen molar-refractivity contribution < 1.29 is 22.3 Å². The fourth-order valence-corrected chi connectivity index (χ4v) is 3.65. The van der Waals surface area contributed by atoms with Crippen LogP contribution in [0.1, 0.15) is 22.8 Å². The predicted molar refractivity (Wildman–Crippen MR) is 94.4 cm³/mol. The SMILES string of the molecule is Cc1ccc(N[P@](C)(=O)O[C@@H](c2ccc(Cl)cc2)C(F)(F)F)cc1C. The first kappa shape index (κ1) is 19.8. The Bertz CT molecular complexity index is 793. The highest BCUT2D eigenvalue weighted by Crippen LogP contribution is 2.51. The van der Waals surface area contributed by atoms with Crippen molar-refractivity contribution >= 4 is 24.8 Å². The highest BCUT2D eigenvalue weighted by atomic mass is 35.5. The van der Waals surface area contributed by atoms with Crippen molar-refractivity contribution in [3.8, 4) is 0 Å². The van der Waals surface area contributed by atoms with Gasteiger partial charge >= 0.3 is 6.18 Å². The number of rotatable bonds is 5. The molecular weight excluding hydrogens is 374 g/mol. The predicted octanol–water partition coefficient (Wildman–Crippen LogP) is 6.51. The molecule has 0 unspecified atom stereocenters. The van der Waals surface area contributed by atoms with Gasteiger partial charge in [-0.2, -0.15) is 13.2 Å². The third-order valence-corrected chi connectivity index (χ3v) is 5.15. The highest BCUT2D eigenvalue weighted by Gasteiger charge is 2.45. The van der Waals surface area contributed by atoms with Crippen LogP contribution in [0.4, 0.5) is 18.9 Å². The second-order valence-corrected chi connectivity index (χ2v) is 8.40. The Kier molecular flexibility index (Phi) is 5.87. The quantitative estimate of drug-likeness (QED) is 0.590. The maximum Gasteiger partial charge on any atom is 0.419 e. The molecule has 0 spiro atoms. The minimum absolute atomic E-state index is 0.166. The van der Waals surface area contributed by atoms with Gasteiger partial charge in [-0.05, 0) is 54.8 Å². The van der Waals surface area contributed by atoms with E-state index in [1.54, 1.807) is 18.2 Å². The van der Waals surface area contributed by atoms with Gasteiger partial charge in [0.2, 0.25) is 0 Å². The van der Waals surface area contributed by atoms with Crippen LogP contribution in [0.25, 0.3) is 0 Å². The molecule has 3 nitrogen and oxygen atoms in total. The third-order valence-electron chi connectivity index (χ3n) is 3.62. The van der Waals surface area contributed by atoms with E-state index in [9.17, 15) is 17.7 Å². The molecule has 2 atom stereocenters. The van der Waals surface area contributed by atoms with Gasteiger partial charge in [-0.15, -0.1) is 0 Å². The smallest absolute Gasteiger partial charge is 0.316 e. The fraction of sp³-hybridized carbons (Fsp3) is 0.294. The molecule has 0 bridgehead atoms. The van der Waals surface area contributed by atoms with E-state index < -0.39 is 19.8 Å². The van der Waals surface area contributed by atoms with Crippen LogP contribution in [0, 0.1) is 13.8 Å². The van der Waals surface area contributed by atoms with Crippen LogP contribution in [0.5, 0.6) is 0 Å². The molecular formula is C17H18ClF3NO2P. The molecule has 2 aromatic carbocycles. The van der Waals surface area contributed by atoms with E-state index in [0.29, 0.717) is 10.7 Å². The first-order valence-electron chi connectivity index (χ1n) is 7.41. The van der Waals surface area contributed by atoms with Crippen LogP contribution in [0.3, 0.4) is 0 Å². The average molecular weight is 392 g/mol. The van der Waals surface area contributed by atoms with Gasteiger partial charge in [0, 0.05) is 17.4 Å². The van der Waals surface area contributed by atoms with Crippen molar-refractivity contribution in [1.82, 2.24) is 0 Å². The van der Waals surface area contributed by atoms with Crippen molar-refractivity contribution in [3.63, 3.8) is 0 Å². The summed E-state index contributed by atoms with van der Waals surface area (Å²) in [5, 5.41) is 2.88. The fourth-order valence-electron chi connectivity index (χ4n) is 2.22. The molecule has 0 fully saturated rings. The van der Waals surface area contributed by atoms with Crippen LogP contribution in [-0.2, 0) is 9.09 Å². The summed E-state index contributed by atoms with van der Waals surface area (Å²) in [5.74, 6) is 0. The normalized spacial score (nSPS) is 15.5. The van der Waals surface area contributed by atoms with E-state index >= 15 is 0 Å². The van der Waals surface area contributed by atoms with Crippen molar-refractivity contribution in [2.45, 2.75) is 26.1 Å². The minimum Gasteiger partial charge on any atom is -0.316 e. The second kappa shape index (κ2) is 7.40.